The Kier molecular flexibility index (Phi) is 4.27. The molecule has 0 saturated heterocycles. The number of benzene rings is 2. The third-order valence-electron chi connectivity index (χ3n) is 3.76. The van der Waals surface area contributed by atoms with Gasteiger partial charge >= 0.3 is 0 Å². The summed E-state index contributed by atoms with van der Waals surface area (Å²) in [6, 6.07) is 10.6. The van der Waals surface area contributed by atoms with Crippen LogP contribution in [0.1, 0.15) is 27.1 Å². The molecular weight excluding hydrogens is 396 g/mol. The van der Waals surface area contributed by atoms with E-state index in [1.165, 1.54) is 16.7 Å². The number of fused-ring (bicyclic) bond motifs is 1. The maximum absolute atomic E-state index is 5.68. The normalized spacial score (nSPS) is 14.9. The van der Waals surface area contributed by atoms with Crippen LogP contribution in [0.25, 0.3) is 0 Å². The fourth-order valence-electron chi connectivity index (χ4n) is 2.38. The summed E-state index contributed by atoms with van der Waals surface area (Å²) in [4.78, 5) is 0.113. The van der Waals surface area contributed by atoms with Gasteiger partial charge < -0.3 is 9.47 Å². The molecule has 0 fully saturated rings. The summed E-state index contributed by atoms with van der Waals surface area (Å²) < 4.78 is 12.3. The molecule has 0 amide bonds. The Balaban J connectivity index is 2.00. The molecule has 0 spiro atoms. The molecule has 0 N–H and O–H groups in total. The lowest BCUT2D eigenvalue weighted by Crippen LogP contribution is -2.15. The molecule has 1 aliphatic heterocycles. The molecule has 21 heavy (non-hydrogen) atoms. The van der Waals surface area contributed by atoms with Crippen molar-refractivity contribution in [3.8, 4) is 11.5 Å². The highest BCUT2D eigenvalue weighted by atomic mass is 79.9. The number of rotatable bonds is 2. The van der Waals surface area contributed by atoms with Gasteiger partial charge in [0.05, 0.1) is 4.83 Å². The van der Waals surface area contributed by atoms with Gasteiger partial charge in [-0.3, -0.25) is 0 Å². The van der Waals surface area contributed by atoms with Crippen LogP contribution in [-0.4, -0.2) is 13.2 Å². The van der Waals surface area contributed by atoms with E-state index in [1.807, 2.05) is 12.1 Å². The van der Waals surface area contributed by atoms with Gasteiger partial charge in [-0.25, -0.2) is 0 Å². The number of alkyl halides is 1. The Morgan fingerprint density at radius 2 is 1.62 bits per heavy atom. The van der Waals surface area contributed by atoms with E-state index in [-0.39, 0.29) is 4.83 Å². The molecule has 0 aromatic heterocycles. The molecule has 3 rings (SSSR count). The van der Waals surface area contributed by atoms with Crippen molar-refractivity contribution in [3.63, 3.8) is 0 Å². The minimum Gasteiger partial charge on any atom is -0.486 e. The predicted octanol–water partition coefficient (Wildman–Crippen LogP) is 5.32. The first-order valence-electron chi connectivity index (χ1n) is 6.86. The number of halogens is 2. The number of hydrogen-bond donors (Lipinski definition) is 0. The first-order valence-corrected chi connectivity index (χ1v) is 8.57. The molecule has 0 radical (unpaired) electrons. The Morgan fingerprint density at radius 1 is 0.952 bits per heavy atom. The monoisotopic (exact) mass is 410 g/mol. The van der Waals surface area contributed by atoms with Crippen LogP contribution in [0.3, 0.4) is 0 Å². The van der Waals surface area contributed by atoms with Gasteiger partial charge in [0.2, 0.25) is 0 Å². The minimum atomic E-state index is 0.113. The standard InChI is InChI=1S/C17H16Br2O2/c1-10-3-4-12(7-11(10)2)17(19)13-8-15-16(9-14(13)18)21-6-5-20-15/h3-4,7-9,17H,5-6H2,1-2H3. The fraction of sp³-hybridized carbons (Fsp3) is 0.294. The lowest BCUT2D eigenvalue weighted by molar-refractivity contribution is 0.171. The van der Waals surface area contributed by atoms with Crippen molar-refractivity contribution in [1.29, 1.82) is 0 Å². The van der Waals surface area contributed by atoms with Gasteiger partial charge in [0.15, 0.2) is 11.5 Å². The second kappa shape index (κ2) is 6.01. The first-order chi connectivity index (χ1) is 10.1. The molecular formula is C17H16Br2O2. The van der Waals surface area contributed by atoms with Crippen molar-refractivity contribution in [3.05, 3.63) is 57.1 Å². The molecule has 0 aliphatic carbocycles. The van der Waals surface area contributed by atoms with Gasteiger partial charge in [0.1, 0.15) is 13.2 Å². The molecule has 2 nitrogen and oxygen atoms in total. The quantitative estimate of drug-likeness (QED) is 0.622. The summed E-state index contributed by atoms with van der Waals surface area (Å²) in [5.41, 5.74) is 4.98. The first kappa shape index (κ1) is 14.9. The molecule has 2 aromatic carbocycles. The maximum Gasteiger partial charge on any atom is 0.162 e. The molecule has 0 bridgehead atoms. The van der Waals surface area contributed by atoms with E-state index >= 15 is 0 Å². The van der Waals surface area contributed by atoms with Crippen molar-refractivity contribution in [2.75, 3.05) is 13.2 Å². The van der Waals surface area contributed by atoms with E-state index < -0.39 is 0 Å². The van der Waals surface area contributed by atoms with Gasteiger partial charge in [0.25, 0.3) is 0 Å². The highest BCUT2D eigenvalue weighted by Gasteiger charge is 2.20. The van der Waals surface area contributed by atoms with Crippen molar-refractivity contribution < 1.29 is 9.47 Å². The van der Waals surface area contributed by atoms with Crippen LogP contribution in [-0.2, 0) is 0 Å². The van der Waals surface area contributed by atoms with Gasteiger partial charge in [-0.1, -0.05) is 50.1 Å². The number of aryl methyl sites for hydroxylation is 2. The highest BCUT2D eigenvalue weighted by Crippen LogP contribution is 2.42. The SMILES string of the molecule is Cc1ccc(C(Br)c2cc3c(cc2Br)OCCO3)cc1C. The largest absolute Gasteiger partial charge is 0.486 e. The zero-order valence-corrected chi connectivity index (χ0v) is 15.1. The summed E-state index contributed by atoms with van der Waals surface area (Å²) in [6.07, 6.45) is 0. The Labute approximate surface area is 141 Å². The van der Waals surface area contributed by atoms with E-state index in [9.17, 15) is 0 Å². The Morgan fingerprint density at radius 3 is 2.29 bits per heavy atom. The molecule has 0 saturated carbocycles. The summed E-state index contributed by atoms with van der Waals surface area (Å²) >= 11 is 7.45. The second-order valence-corrected chi connectivity index (χ2v) is 6.99. The second-order valence-electron chi connectivity index (χ2n) is 5.22. The fourth-order valence-corrected chi connectivity index (χ4v) is 3.90. The van der Waals surface area contributed by atoms with Gasteiger partial charge in [-0.05, 0) is 48.2 Å². The van der Waals surface area contributed by atoms with Crippen molar-refractivity contribution >= 4 is 31.9 Å². The van der Waals surface area contributed by atoms with E-state index in [4.69, 9.17) is 9.47 Å². The van der Waals surface area contributed by atoms with Gasteiger partial charge in [-0.2, -0.15) is 0 Å². The highest BCUT2D eigenvalue weighted by molar-refractivity contribution is 9.11. The molecule has 1 aliphatic rings. The van der Waals surface area contributed by atoms with Crippen LogP contribution in [0.4, 0.5) is 0 Å². The molecule has 1 heterocycles. The van der Waals surface area contributed by atoms with Crippen LogP contribution in [0.15, 0.2) is 34.8 Å². The smallest absolute Gasteiger partial charge is 0.162 e. The summed E-state index contributed by atoms with van der Waals surface area (Å²) in [5, 5.41) is 0. The van der Waals surface area contributed by atoms with E-state index in [2.05, 4.69) is 63.9 Å². The number of hydrogen-bond acceptors (Lipinski definition) is 2. The third kappa shape index (κ3) is 2.97. The van der Waals surface area contributed by atoms with E-state index in [1.54, 1.807) is 0 Å². The average molecular weight is 412 g/mol. The van der Waals surface area contributed by atoms with E-state index in [0.717, 1.165) is 21.5 Å². The maximum atomic E-state index is 5.68. The lowest BCUT2D eigenvalue weighted by atomic mass is 10.00. The number of ether oxygens (including phenoxy) is 2. The molecule has 110 valence electrons. The zero-order valence-electron chi connectivity index (χ0n) is 12.0. The van der Waals surface area contributed by atoms with Crippen molar-refractivity contribution in [1.82, 2.24) is 0 Å². The van der Waals surface area contributed by atoms with Gasteiger partial charge in [0, 0.05) is 4.47 Å². The lowest BCUT2D eigenvalue weighted by Gasteiger charge is -2.22. The van der Waals surface area contributed by atoms with Crippen LogP contribution in [0, 0.1) is 13.8 Å². The Hall–Kier alpha value is -1.00. The zero-order chi connectivity index (χ0) is 15.0. The molecule has 1 unspecified atom stereocenters. The van der Waals surface area contributed by atoms with Crippen LogP contribution in [0.2, 0.25) is 0 Å². The van der Waals surface area contributed by atoms with Crippen molar-refractivity contribution in [2.45, 2.75) is 18.7 Å². The topological polar surface area (TPSA) is 18.5 Å². The van der Waals surface area contributed by atoms with E-state index in [0.29, 0.717) is 13.2 Å². The van der Waals surface area contributed by atoms with Crippen LogP contribution in [0.5, 0.6) is 11.5 Å². The molecule has 1 atom stereocenters. The van der Waals surface area contributed by atoms with Crippen LogP contribution >= 0.6 is 31.9 Å². The average Bonchev–Trinajstić information content (AvgIpc) is 2.48. The summed E-state index contributed by atoms with van der Waals surface area (Å²) in [5.74, 6) is 1.62. The van der Waals surface area contributed by atoms with Crippen LogP contribution < -0.4 is 9.47 Å². The third-order valence-corrected chi connectivity index (χ3v) is 5.47. The summed E-state index contributed by atoms with van der Waals surface area (Å²) in [6.45, 7) is 5.47. The molecule has 2 aromatic rings. The van der Waals surface area contributed by atoms with Crippen molar-refractivity contribution in [2.24, 2.45) is 0 Å². The predicted molar refractivity (Wildman–Crippen MR) is 91.8 cm³/mol. The molecule has 4 heteroatoms. The minimum absolute atomic E-state index is 0.113. The summed E-state index contributed by atoms with van der Waals surface area (Å²) in [7, 11) is 0. The van der Waals surface area contributed by atoms with Gasteiger partial charge in [-0.15, -0.1) is 0 Å². The Bertz CT molecular complexity index is 683.